The van der Waals surface area contributed by atoms with Gasteiger partial charge in [-0.05, 0) is 23.7 Å². The first-order chi connectivity index (χ1) is 7.75. The lowest BCUT2D eigenvalue weighted by Crippen LogP contribution is -2.29. The van der Waals surface area contributed by atoms with E-state index in [1.165, 1.54) is 0 Å². The van der Waals surface area contributed by atoms with Gasteiger partial charge in [0, 0.05) is 6.42 Å². The minimum absolute atomic E-state index is 0.0647. The molecule has 0 aliphatic heterocycles. The number of hydrogen-bond acceptors (Lipinski definition) is 3. The largest absolute Gasteiger partial charge is 0.488 e. The van der Waals surface area contributed by atoms with Gasteiger partial charge in [0.2, 0.25) is 0 Å². The van der Waals surface area contributed by atoms with E-state index in [4.69, 9.17) is 14.8 Å². The summed E-state index contributed by atoms with van der Waals surface area (Å²) in [6.07, 6.45) is 8.92. The zero-order chi connectivity index (χ0) is 11.4. The molecule has 82 valence electrons. The SMILES string of the molecule is OB(O)c1ccc(OC2C=CC=CC2)cc1. The molecule has 0 spiro atoms. The highest BCUT2D eigenvalue weighted by molar-refractivity contribution is 6.58. The van der Waals surface area contributed by atoms with Crippen LogP contribution < -0.4 is 10.2 Å². The first-order valence-corrected chi connectivity index (χ1v) is 5.22. The third-order valence-electron chi connectivity index (χ3n) is 2.41. The van der Waals surface area contributed by atoms with E-state index >= 15 is 0 Å². The molecule has 0 heterocycles. The summed E-state index contributed by atoms with van der Waals surface area (Å²) in [7, 11) is -1.42. The van der Waals surface area contributed by atoms with E-state index in [2.05, 4.69) is 6.08 Å². The molecule has 4 heteroatoms. The van der Waals surface area contributed by atoms with Crippen molar-refractivity contribution in [2.75, 3.05) is 0 Å². The molecule has 0 bridgehead atoms. The van der Waals surface area contributed by atoms with Crippen LogP contribution in [0.1, 0.15) is 6.42 Å². The highest BCUT2D eigenvalue weighted by atomic mass is 16.5. The van der Waals surface area contributed by atoms with Gasteiger partial charge in [-0.3, -0.25) is 0 Å². The summed E-state index contributed by atoms with van der Waals surface area (Å²) in [6.45, 7) is 0. The first-order valence-electron chi connectivity index (χ1n) is 5.22. The van der Waals surface area contributed by atoms with Crippen LogP contribution >= 0.6 is 0 Å². The molecule has 0 aromatic heterocycles. The van der Waals surface area contributed by atoms with Gasteiger partial charge in [0.05, 0.1) is 0 Å². The van der Waals surface area contributed by atoms with Crippen molar-refractivity contribution in [3.05, 3.63) is 48.6 Å². The zero-order valence-corrected chi connectivity index (χ0v) is 8.78. The van der Waals surface area contributed by atoms with Crippen LogP contribution in [0.5, 0.6) is 5.75 Å². The smallest absolute Gasteiger partial charge is 0.486 e. The van der Waals surface area contributed by atoms with E-state index in [9.17, 15) is 0 Å². The van der Waals surface area contributed by atoms with Crippen molar-refractivity contribution in [1.29, 1.82) is 0 Å². The Kier molecular flexibility index (Phi) is 3.44. The van der Waals surface area contributed by atoms with E-state index < -0.39 is 7.12 Å². The van der Waals surface area contributed by atoms with Crippen molar-refractivity contribution in [3.8, 4) is 5.75 Å². The number of benzene rings is 1. The predicted octanol–water partition coefficient (Wildman–Crippen LogP) is 0.630. The molecule has 0 saturated carbocycles. The van der Waals surface area contributed by atoms with Crippen molar-refractivity contribution < 1.29 is 14.8 Å². The highest BCUT2D eigenvalue weighted by Gasteiger charge is 2.11. The van der Waals surface area contributed by atoms with Crippen molar-refractivity contribution >= 4 is 12.6 Å². The van der Waals surface area contributed by atoms with Gasteiger partial charge in [-0.15, -0.1) is 0 Å². The molecule has 1 aliphatic carbocycles. The summed E-state index contributed by atoms with van der Waals surface area (Å²) in [5, 5.41) is 17.9. The van der Waals surface area contributed by atoms with Crippen molar-refractivity contribution in [2.45, 2.75) is 12.5 Å². The Bertz CT molecular complexity index is 395. The molecule has 16 heavy (non-hydrogen) atoms. The summed E-state index contributed by atoms with van der Waals surface area (Å²) in [4.78, 5) is 0. The van der Waals surface area contributed by atoms with Crippen molar-refractivity contribution in [2.24, 2.45) is 0 Å². The molecule has 1 aromatic rings. The van der Waals surface area contributed by atoms with Gasteiger partial charge >= 0.3 is 7.12 Å². The highest BCUT2D eigenvalue weighted by Crippen LogP contribution is 2.14. The zero-order valence-electron chi connectivity index (χ0n) is 8.78. The summed E-state index contributed by atoms with van der Waals surface area (Å²) < 4.78 is 5.69. The molecule has 1 aliphatic rings. The fourth-order valence-electron chi connectivity index (χ4n) is 1.54. The number of allylic oxidation sites excluding steroid dienone is 2. The maximum atomic E-state index is 8.93. The Morgan fingerprint density at radius 3 is 2.44 bits per heavy atom. The minimum atomic E-state index is -1.42. The van der Waals surface area contributed by atoms with E-state index in [1.54, 1.807) is 24.3 Å². The average molecular weight is 216 g/mol. The molecule has 0 fully saturated rings. The normalized spacial score (nSPS) is 18.5. The van der Waals surface area contributed by atoms with Crippen LogP contribution in [0.4, 0.5) is 0 Å². The fraction of sp³-hybridized carbons (Fsp3) is 0.167. The van der Waals surface area contributed by atoms with Crippen LogP contribution in [0.2, 0.25) is 0 Å². The lowest BCUT2D eigenvalue weighted by Gasteiger charge is -2.16. The van der Waals surface area contributed by atoms with E-state index in [0.29, 0.717) is 5.46 Å². The second kappa shape index (κ2) is 5.01. The summed E-state index contributed by atoms with van der Waals surface area (Å²) in [5.41, 5.74) is 0.464. The third kappa shape index (κ3) is 2.75. The molecule has 1 unspecified atom stereocenters. The van der Waals surface area contributed by atoms with Crippen LogP contribution in [0.15, 0.2) is 48.6 Å². The van der Waals surface area contributed by atoms with Gasteiger partial charge in [0.1, 0.15) is 11.9 Å². The molecule has 2 N–H and O–H groups in total. The fourth-order valence-corrected chi connectivity index (χ4v) is 1.54. The van der Waals surface area contributed by atoms with E-state index in [1.807, 2.05) is 18.2 Å². The lowest BCUT2D eigenvalue weighted by molar-refractivity contribution is 0.252. The predicted molar refractivity (Wildman–Crippen MR) is 63.6 cm³/mol. The second-order valence-electron chi connectivity index (χ2n) is 3.65. The van der Waals surface area contributed by atoms with Crippen LogP contribution in [0.3, 0.4) is 0 Å². The van der Waals surface area contributed by atoms with Gasteiger partial charge in [0.25, 0.3) is 0 Å². The van der Waals surface area contributed by atoms with E-state index in [-0.39, 0.29) is 6.10 Å². The minimum Gasteiger partial charge on any atom is -0.486 e. The molecular weight excluding hydrogens is 203 g/mol. The molecule has 1 aromatic carbocycles. The van der Waals surface area contributed by atoms with Crippen molar-refractivity contribution in [3.63, 3.8) is 0 Å². The van der Waals surface area contributed by atoms with Crippen LogP contribution in [-0.2, 0) is 0 Å². The Balaban J connectivity index is 1.99. The van der Waals surface area contributed by atoms with Crippen molar-refractivity contribution in [1.82, 2.24) is 0 Å². The molecular formula is C12H13BO3. The van der Waals surface area contributed by atoms with Crippen LogP contribution in [-0.4, -0.2) is 23.3 Å². The topological polar surface area (TPSA) is 49.7 Å². The Hall–Kier alpha value is -1.52. The van der Waals surface area contributed by atoms with Gasteiger partial charge < -0.3 is 14.8 Å². The van der Waals surface area contributed by atoms with Crippen LogP contribution in [0.25, 0.3) is 0 Å². The molecule has 0 radical (unpaired) electrons. The monoisotopic (exact) mass is 216 g/mol. The molecule has 1 atom stereocenters. The van der Waals surface area contributed by atoms with Gasteiger partial charge in [0.15, 0.2) is 0 Å². The number of ether oxygens (including phenoxy) is 1. The average Bonchev–Trinajstić information content (AvgIpc) is 2.31. The number of rotatable bonds is 3. The second-order valence-corrected chi connectivity index (χ2v) is 3.65. The summed E-state index contributed by atoms with van der Waals surface area (Å²) in [6, 6.07) is 6.76. The summed E-state index contributed by atoms with van der Waals surface area (Å²) in [5.74, 6) is 0.731. The van der Waals surface area contributed by atoms with Gasteiger partial charge in [-0.25, -0.2) is 0 Å². The summed E-state index contributed by atoms with van der Waals surface area (Å²) >= 11 is 0. The molecule has 3 nitrogen and oxygen atoms in total. The maximum Gasteiger partial charge on any atom is 0.488 e. The lowest BCUT2D eigenvalue weighted by atomic mass is 9.80. The maximum absolute atomic E-state index is 8.93. The molecule has 2 rings (SSSR count). The Morgan fingerprint density at radius 2 is 1.88 bits per heavy atom. The first kappa shape index (κ1) is 11.0. The van der Waals surface area contributed by atoms with Gasteiger partial charge in [-0.2, -0.15) is 0 Å². The Morgan fingerprint density at radius 1 is 1.12 bits per heavy atom. The van der Waals surface area contributed by atoms with Crippen LogP contribution in [0, 0.1) is 0 Å². The van der Waals surface area contributed by atoms with E-state index in [0.717, 1.165) is 12.2 Å². The third-order valence-corrected chi connectivity index (χ3v) is 2.41. The Labute approximate surface area is 94.8 Å². The standard InChI is InChI=1S/C12H13BO3/c14-13(15)10-6-8-12(9-7-10)16-11-4-2-1-3-5-11/h1-4,6-9,11,14-15H,5H2. The van der Waals surface area contributed by atoms with Gasteiger partial charge in [-0.1, -0.05) is 30.4 Å². The molecule has 0 amide bonds. The molecule has 0 saturated heterocycles. The number of hydrogen-bond donors (Lipinski definition) is 2. The quantitative estimate of drug-likeness (QED) is 0.728.